The SMILES string of the molecule is C1CC1.Cc1cccc(Cl)c1C1CCCCC1. The third-order valence-electron chi connectivity index (χ3n) is 3.64. The van der Waals surface area contributed by atoms with Gasteiger partial charge in [0.05, 0.1) is 0 Å². The van der Waals surface area contributed by atoms with Crippen molar-refractivity contribution in [3.05, 3.63) is 34.3 Å². The van der Waals surface area contributed by atoms with E-state index in [0.717, 1.165) is 10.9 Å². The van der Waals surface area contributed by atoms with Crippen molar-refractivity contribution >= 4 is 11.6 Å². The summed E-state index contributed by atoms with van der Waals surface area (Å²) < 4.78 is 0. The van der Waals surface area contributed by atoms with E-state index < -0.39 is 0 Å². The number of halogens is 1. The Hall–Kier alpha value is -0.490. The van der Waals surface area contributed by atoms with Gasteiger partial charge in [-0.3, -0.25) is 0 Å². The molecule has 1 aromatic rings. The molecule has 0 nitrogen and oxygen atoms in total. The van der Waals surface area contributed by atoms with Crippen LogP contribution in [0.25, 0.3) is 0 Å². The molecule has 1 heteroatoms. The number of hydrogen-bond acceptors (Lipinski definition) is 0. The highest BCUT2D eigenvalue weighted by Crippen LogP contribution is 2.37. The highest BCUT2D eigenvalue weighted by Gasteiger charge is 2.19. The first-order chi connectivity index (χ1) is 8.29. The lowest BCUT2D eigenvalue weighted by Crippen LogP contribution is -2.06. The zero-order valence-corrected chi connectivity index (χ0v) is 11.6. The predicted octanol–water partition coefficient (Wildman–Crippen LogP) is 5.87. The third-order valence-corrected chi connectivity index (χ3v) is 3.97. The van der Waals surface area contributed by atoms with Gasteiger partial charge in [0.2, 0.25) is 0 Å². The highest BCUT2D eigenvalue weighted by atomic mass is 35.5. The van der Waals surface area contributed by atoms with Crippen molar-refractivity contribution in [1.29, 1.82) is 0 Å². The summed E-state index contributed by atoms with van der Waals surface area (Å²) in [6.07, 6.45) is 11.3. The van der Waals surface area contributed by atoms with Crippen LogP contribution in [0.15, 0.2) is 18.2 Å². The summed E-state index contributed by atoms with van der Waals surface area (Å²) in [5, 5.41) is 0.969. The maximum Gasteiger partial charge on any atom is 0.0443 e. The molecule has 3 rings (SSSR count). The van der Waals surface area contributed by atoms with Crippen LogP contribution in [0.1, 0.15) is 68.4 Å². The van der Waals surface area contributed by atoms with Crippen LogP contribution in [-0.2, 0) is 0 Å². The summed E-state index contributed by atoms with van der Waals surface area (Å²) in [5.74, 6) is 0.720. The van der Waals surface area contributed by atoms with E-state index in [1.807, 2.05) is 12.1 Å². The number of aryl methyl sites for hydroxylation is 1. The van der Waals surface area contributed by atoms with Crippen molar-refractivity contribution in [1.82, 2.24) is 0 Å². The summed E-state index contributed by atoms with van der Waals surface area (Å²) in [6.45, 7) is 2.18. The summed E-state index contributed by atoms with van der Waals surface area (Å²) in [7, 11) is 0. The average molecular weight is 251 g/mol. The molecule has 2 saturated carbocycles. The molecule has 0 amide bonds. The molecule has 17 heavy (non-hydrogen) atoms. The van der Waals surface area contributed by atoms with Crippen LogP contribution in [0.3, 0.4) is 0 Å². The summed E-state index contributed by atoms with van der Waals surface area (Å²) >= 11 is 6.26. The Labute approximate surface area is 110 Å². The fourth-order valence-corrected chi connectivity index (χ4v) is 2.93. The first kappa shape index (κ1) is 13.0. The van der Waals surface area contributed by atoms with E-state index in [2.05, 4.69) is 13.0 Å². The molecule has 0 spiro atoms. The molecule has 1 aromatic carbocycles. The second-order valence-corrected chi connectivity index (χ2v) is 5.77. The molecule has 0 radical (unpaired) electrons. The van der Waals surface area contributed by atoms with E-state index in [1.54, 1.807) is 0 Å². The quantitative estimate of drug-likeness (QED) is 0.585. The summed E-state index contributed by atoms with van der Waals surface area (Å²) in [6, 6.07) is 6.25. The third kappa shape index (κ3) is 4.03. The van der Waals surface area contributed by atoms with Gasteiger partial charge in [0.25, 0.3) is 0 Å². The van der Waals surface area contributed by atoms with Gasteiger partial charge < -0.3 is 0 Å². The van der Waals surface area contributed by atoms with Crippen LogP contribution in [-0.4, -0.2) is 0 Å². The van der Waals surface area contributed by atoms with E-state index in [4.69, 9.17) is 11.6 Å². The Kier molecular flexibility index (Phi) is 4.91. The molecule has 0 unspecified atom stereocenters. The molecule has 0 saturated heterocycles. The van der Waals surface area contributed by atoms with Gasteiger partial charge in [-0.05, 0) is 42.9 Å². The van der Waals surface area contributed by atoms with E-state index in [-0.39, 0.29) is 0 Å². The van der Waals surface area contributed by atoms with Gasteiger partial charge in [0.1, 0.15) is 0 Å². The highest BCUT2D eigenvalue weighted by molar-refractivity contribution is 6.31. The van der Waals surface area contributed by atoms with Crippen LogP contribution in [0.4, 0.5) is 0 Å². The van der Waals surface area contributed by atoms with Gasteiger partial charge in [-0.25, -0.2) is 0 Å². The van der Waals surface area contributed by atoms with Crippen LogP contribution < -0.4 is 0 Å². The Morgan fingerprint density at radius 1 is 0.941 bits per heavy atom. The smallest absolute Gasteiger partial charge is 0.0443 e. The summed E-state index contributed by atoms with van der Waals surface area (Å²) in [4.78, 5) is 0. The maximum absolute atomic E-state index is 6.26. The Morgan fingerprint density at radius 3 is 2.06 bits per heavy atom. The Morgan fingerprint density at radius 2 is 1.53 bits per heavy atom. The van der Waals surface area contributed by atoms with Crippen molar-refractivity contribution in [3.63, 3.8) is 0 Å². The fourth-order valence-electron chi connectivity index (χ4n) is 2.55. The fraction of sp³-hybridized carbons (Fsp3) is 0.625. The van der Waals surface area contributed by atoms with Gasteiger partial charge >= 0.3 is 0 Å². The molecule has 0 N–H and O–H groups in total. The number of rotatable bonds is 1. The topological polar surface area (TPSA) is 0 Å². The summed E-state index contributed by atoms with van der Waals surface area (Å²) in [5.41, 5.74) is 2.78. The number of hydrogen-bond donors (Lipinski definition) is 0. The van der Waals surface area contributed by atoms with Crippen molar-refractivity contribution in [2.45, 2.75) is 64.2 Å². The maximum atomic E-state index is 6.26. The zero-order valence-electron chi connectivity index (χ0n) is 10.8. The molecule has 2 fully saturated rings. The standard InChI is InChI=1S/C13H17Cl.C3H6/c1-10-6-5-9-12(14)13(10)11-7-3-2-4-8-11;1-2-3-1/h5-6,9,11H,2-4,7-8H2,1H3;1-3H2. The first-order valence-corrected chi connectivity index (χ1v) is 7.42. The van der Waals surface area contributed by atoms with Gasteiger partial charge in [0.15, 0.2) is 0 Å². The van der Waals surface area contributed by atoms with Crippen molar-refractivity contribution in [3.8, 4) is 0 Å². The van der Waals surface area contributed by atoms with E-state index in [1.165, 1.54) is 62.5 Å². The monoisotopic (exact) mass is 250 g/mol. The molecule has 0 bridgehead atoms. The minimum absolute atomic E-state index is 0.720. The lowest BCUT2D eigenvalue weighted by atomic mass is 9.82. The van der Waals surface area contributed by atoms with Gasteiger partial charge in [-0.15, -0.1) is 0 Å². The second kappa shape index (κ2) is 6.44. The van der Waals surface area contributed by atoms with Gasteiger partial charge in [-0.2, -0.15) is 0 Å². The molecule has 2 aliphatic rings. The second-order valence-electron chi connectivity index (χ2n) is 5.37. The van der Waals surface area contributed by atoms with E-state index in [9.17, 15) is 0 Å². The van der Waals surface area contributed by atoms with Gasteiger partial charge in [-0.1, -0.05) is 62.3 Å². The molecule has 0 aliphatic heterocycles. The molecule has 2 aliphatic carbocycles. The molecule has 0 aromatic heterocycles. The minimum Gasteiger partial charge on any atom is -0.0840 e. The number of benzene rings is 1. The lowest BCUT2D eigenvalue weighted by Gasteiger charge is -2.24. The zero-order chi connectivity index (χ0) is 12.1. The van der Waals surface area contributed by atoms with Crippen LogP contribution in [0.5, 0.6) is 0 Å². The average Bonchev–Trinajstić information content (AvgIpc) is 3.18. The van der Waals surface area contributed by atoms with Crippen molar-refractivity contribution in [2.24, 2.45) is 0 Å². The molecule has 0 heterocycles. The molecule has 94 valence electrons. The predicted molar refractivity (Wildman–Crippen MR) is 75.9 cm³/mol. The van der Waals surface area contributed by atoms with Gasteiger partial charge in [0, 0.05) is 5.02 Å². The van der Waals surface area contributed by atoms with Crippen LogP contribution in [0.2, 0.25) is 5.02 Å². The molecular formula is C16H23Cl. The van der Waals surface area contributed by atoms with Crippen molar-refractivity contribution < 1.29 is 0 Å². The molecule has 0 atom stereocenters. The Balaban J connectivity index is 0.000000313. The Bertz CT molecular complexity index is 326. The normalized spacial score (nSPS) is 19.4. The van der Waals surface area contributed by atoms with Crippen LogP contribution >= 0.6 is 11.6 Å². The minimum atomic E-state index is 0.720. The largest absolute Gasteiger partial charge is 0.0840 e. The molecular weight excluding hydrogens is 228 g/mol. The van der Waals surface area contributed by atoms with Crippen molar-refractivity contribution in [2.75, 3.05) is 0 Å². The lowest BCUT2D eigenvalue weighted by molar-refractivity contribution is 0.442. The van der Waals surface area contributed by atoms with Crippen LogP contribution in [0, 0.1) is 6.92 Å². The van der Waals surface area contributed by atoms with E-state index in [0.29, 0.717) is 0 Å². The van der Waals surface area contributed by atoms with E-state index >= 15 is 0 Å². The first-order valence-electron chi connectivity index (χ1n) is 7.04.